The summed E-state index contributed by atoms with van der Waals surface area (Å²) in [6.07, 6.45) is -0.446. The Morgan fingerprint density at radius 3 is 2.10 bits per heavy atom. The second-order valence-corrected chi connectivity index (χ2v) is 8.08. The highest BCUT2D eigenvalue weighted by Crippen LogP contribution is 2.25. The van der Waals surface area contributed by atoms with Crippen molar-refractivity contribution in [2.24, 2.45) is 17.6 Å². The largest absolute Gasteiger partial charge is 0.481 e. The predicted molar refractivity (Wildman–Crippen MR) is 108 cm³/mol. The van der Waals surface area contributed by atoms with E-state index in [2.05, 4.69) is 4.74 Å². The van der Waals surface area contributed by atoms with Gasteiger partial charge in [-0.2, -0.15) is 0 Å². The molecule has 0 radical (unpaired) electrons. The van der Waals surface area contributed by atoms with E-state index < -0.39 is 35.5 Å². The third-order valence-electron chi connectivity index (χ3n) is 4.31. The summed E-state index contributed by atoms with van der Waals surface area (Å²) >= 11 is 0. The minimum atomic E-state index is -1.04. The molecule has 0 saturated carbocycles. The van der Waals surface area contributed by atoms with Crippen molar-refractivity contribution in [3.63, 3.8) is 0 Å². The summed E-state index contributed by atoms with van der Waals surface area (Å²) in [4.78, 5) is 36.0. The van der Waals surface area contributed by atoms with Crippen molar-refractivity contribution < 1.29 is 29.0 Å². The number of likely N-dealkylation sites (tertiary alicyclic amines) is 1. The lowest BCUT2D eigenvalue weighted by molar-refractivity contribution is -0.151. The summed E-state index contributed by atoms with van der Waals surface area (Å²) in [5, 5.41) is 9.11. The Balaban J connectivity index is 0.000000387. The molecular formula is C21H32N2O6. The quantitative estimate of drug-likeness (QED) is 0.738. The maximum atomic E-state index is 12.0. The number of hydrogen-bond acceptors (Lipinski definition) is 6. The van der Waals surface area contributed by atoms with Crippen LogP contribution in [-0.4, -0.2) is 53.8 Å². The summed E-state index contributed by atoms with van der Waals surface area (Å²) in [6.45, 7) is 7.31. The van der Waals surface area contributed by atoms with Crippen LogP contribution in [-0.2, 0) is 19.1 Å². The van der Waals surface area contributed by atoms with Crippen molar-refractivity contribution in [3.8, 4) is 0 Å². The third kappa shape index (κ3) is 8.51. The molecule has 8 nitrogen and oxygen atoms in total. The molecule has 1 amide bonds. The molecule has 0 spiro atoms. The fourth-order valence-electron chi connectivity index (χ4n) is 2.85. The number of methoxy groups -OCH3 is 1. The van der Waals surface area contributed by atoms with E-state index in [4.69, 9.17) is 15.6 Å². The van der Waals surface area contributed by atoms with E-state index in [1.165, 1.54) is 17.6 Å². The molecule has 29 heavy (non-hydrogen) atoms. The van der Waals surface area contributed by atoms with Gasteiger partial charge in [0, 0.05) is 19.1 Å². The molecule has 0 unspecified atom stereocenters. The number of esters is 1. The molecule has 1 heterocycles. The van der Waals surface area contributed by atoms with E-state index in [9.17, 15) is 14.4 Å². The van der Waals surface area contributed by atoms with Gasteiger partial charge in [-0.15, -0.1) is 0 Å². The predicted octanol–water partition coefficient (Wildman–Crippen LogP) is 2.82. The molecular weight excluding hydrogens is 376 g/mol. The van der Waals surface area contributed by atoms with Crippen LogP contribution in [0.3, 0.4) is 0 Å². The Hall–Kier alpha value is -2.61. The first-order chi connectivity index (χ1) is 13.4. The van der Waals surface area contributed by atoms with Crippen molar-refractivity contribution in [1.29, 1.82) is 0 Å². The zero-order chi connectivity index (χ0) is 22.2. The highest BCUT2D eigenvalue weighted by molar-refractivity contribution is 5.78. The number of carboxylic acids is 1. The monoisotopic (exact) mass is 408 g/mol. The van der Waals surface area contributed by atoms with E-state index in [1.807, 2.05) is 37.3 Å². The van der Waals surface area contributed by atoms with Crippen LogP contribution in [0.15, 0.2) is 30.3 Å². The summed E-state index contributed by atoms with van der Waals surface area (Å²) in [5.74, 6) is -2.97. The normalized spacial score (nSPS) is 20.0. The smallest absolute Gasteiger partial charge is 0.410 e. The molecule has 0 aromatic heterocycles. The second-order valence-electron chi connectivity index (χ2n) is 8.08. The molecule has 162 valence electrons. The molecule has 3 atom stereocenters. The third-order valence-corrected chi connectivity index (χ3v) is 4.31. The van der Waals surface area contributed by atoms with Gasteiger partial charge < -0.3 is 25.2 Å². The topological polar surface area (TPSA) is 119 Å². The van der Waals surface area contributed by atoms with Crippen molar-refractivity contribution in [3.05, 3.63) is 35.9 Å². The molecule has 1 aliphatic heterocycles. The van der Waals surface area contributed by atoms with E-state index in [1.54, 1.807) is 20.8 Å². The lowest BCUT2D eigenvalue weighted by atomic mass is 9.89. The van der Waals surface area contributed by atoms with Gasteiger partial charge in [-0.3, -0.25) is 9.59 Å². The Bertz CT molecular complexity index is 684. The fraction of sp³-hybridized carbons (Fsp3) is 0.571. The zero-order valence-electron chi connectivity index (χ0n) is 17.8. The molecule has 1 fully saturated rings. The molecule has 0 aliphatic carbocycles. The van der Waals surface area contributed by atoms with E-state index in [0.717, 1.165) is 0 Å². The molecule has 2 rings (SSSR count). The zero-order valence-corrected chi connectivity index (χ0v) is 17.8. The number of rotatable bonds is 3. The van der Waals surface area contributed by atoms with Crippen LogP contribution < -0.4 is 5.73 Å². The van der Waals surface area contributed by atoms with Gasteiger partial charge in [0.2, 0.25) is 0 Å². The van der Waals surface area contributed by atoms with Crippen LogP contribution in [0.2, 0.25) is 0 Å². The van der Waals surface area contributed by atoms with E-state index in [-0.39, 0.29) is 25.6 Å². The van der Waals surface area contributed by atoms with Gasteiger partial charge >= 0.3 is 18.0 Å². The number of carbonyl (C=O) groups is 3. The van der Waals surface area contributed by atoms with Gasteiger partial charge in [-0.1, -0.05) is 30.3 Å². The summed E-state index contributed by atoms with van der Waals surface area (Å²) in [6, 6.07) is 10.2. The van der Waals surface area contributed by atoms with Crippen LogP contribution in [0.25, 0.3) is 0 Å². The molecule has 1 aromatic carbocycles. The van der Waals surface area contributed by atoms with Crippen LogP contribution in [0.5, 0.6) is 0 Å². The van der Waals surface area contributed by atoms with Gasteiger partial charge in [0.05, 0.1) is 18.9 Å². The maximum absolute atomic E-state index is 12.0. The van der Waals surface area contributed by atoms with Crippen LogP contribution in [0, 0.1) is 11.8 Å². The van der Waals surface area contributed by atoms with Gasteiger partial charge in [0.15, 0.2) is 0 Å². The Kier molecular flexibility index (Phi) is 9.10. The van der Waals surface area contributed by atoms with Crippen LogP contribution in [0.1, 0.15) is 45.7 Å². The lowest BCUT2D eigenvalue weighted by Crippen LogP contribution is -2.49. The maximum Gasteiger partial charge on any atom is 0.410 e. The Labute approximate surface area is 172 Å². The Morgan fingerprint density at radius 2 is 1.69 bits per heavy atom. The highest BCUT2D eigenvalue weighted by atomic mass is 16.6. The van der Waals surface area contributed by atoms with E-state index >= 15 is 0 Å². The minimum absolute atomic E-state index is 0.0394. The van der Waals surface area contributed by atoms with E-state index in [0.29, 0.717) is 0 Å². The summed E-state index contributed by atoms with van der Waals surface area (Å²) in [7, 11) is 1.24. The first-order valence-corrected chi connectivity index (χ1v) is 9.53. The SMILES string of the molecule is COC(=O)[C@@H]1C[C@H](C(=O)O)CN(C(=O)OC(C)(C)C)C1.C[C@@H](N)c1ccccc1. The molecule has 0 bridgehead atoms. The number of nitrogens with zero attached hydrogens (tertiary/aromatic N) is 1. The number of nitrogens with two attached hydrogens (primary N) is 1. The molecule has 3 N–H and O–H groups in total. The van der Waals surface area contributed by atoms with Crippen molar-refractivity contribution >= 4 is 18.0 Å². The first-order valence-electron chi connectivity index (χ1n) is 9.53. The van der Waals surface area contributed by atoms with Crippen LogP contribution >= 0.6 is 0 Å². The molecule has 1 saturated heterocycles. The minimum Gasteiger partial charge on any atom is -0.481 e. The lowest BCUT2D eigenvalue weighted by Gasteiger charge is -2.35. The number of aliphatic carboxylic acids is 1. The van der Waals surface area contributed by atoms with Crippen molar-refractivity contribution in [1.82, 2.24) is 4.90 Å². The molecule has 1 aromatic rings. The summed E-state index contributed by atoms with van der Waals surface area (Å²) in [5.41, 5.74) is 6.13. The average molecular weight is 408 g/mol. The second kappa shape index (κ2) is 10.8. The standard InChI is InChI=1S/C13H21NO6.C8H11N/c1-13(2,3)20-12(18)14-6-8(10(15)16)5-9(7-14)11(17)19-4;1-7(9)8-5-3-2-4-6-8/h8-9H,5-7H2,1-4H3,(H,15,16);2-7H,9H2,1H3/t8-,9+;7-/m01/s1. The summed E-state index contributed by atoms with van der Waals surface area (Å²) < 4.78 is 9.85. The van der Waals surface area contributed by atoms with Crippen LogP contribution in [0.4, 0.5) is 4.79 Å². The molecule has 1 aliphatic rings. The Morgan fingerprint density at radius 1 is 1.14 bits per heavy atom. The number of piperidine rings is 1. The highest BCUT2D eigenvalue weighted by Gasteiger charge is 2.38. The van der Waals surface area contributed by atoms with Gasteiger partial charge in [0.1, 0.15) is 5.60 Å². The van der Waals surface area contributed by atoms with Gasteiger partial charge in [-0.05, 0) is 39.7 Å². The first kappa shape index (κ1) is 24.4. The van der Waals surface area contributed by atoms with Crippen molar-refractivity contribution in [2.45, 2.75) is 45.8 Å². The number of carbonyl (C=O) groups excluding carboxylic acids is 2. The van der Waals surface area contributed by atoms with Crippen molar-refractivity contribution in [2.75, 3.05) is 20.2 Å². The number of hydrogen-bond donors (Lipinski definition) is 2. The van der Waals surface area contributed by atoms with Gasteiger partial charge in [-0.25, -0.2) is 4.79 Å². The number of benzene rings is 1. The number of amides is 1. The average Bonchev–Trinajstić information content (AvgIpc) is 2.66. The van der Waals surface area contributed by atoms with Gasteiger partial charge in [0.25, 0.3) is 0 Å². The number of carboxylic acid groups (broad SMARTS) is 1. The number of ether oxygens (including phenoxy) is 2. The fourth-order valence-corrected chi connectivity index (χ4v) is 2.85. The molecule has 8 heteroatoms.